The molecular formula is C50H54N8O8S. The number of H-pyrrole nitrogens is 1. The maximum absolute atomic E-state index is 14.6. The summed E-state index contributed by atoms with van der Waals surface area (Å²) in [4.78, 5) is 40.8. The number of nitro benzene ring substituents is 1. The Hall–Kier alpha value is -6.19. The normalized spacial score (nSPS) is 23.0. The van der Waals surface area contributed by atoms with Gasteiger partial charge in [-0.05, 0) is 123 Å². The molecule has 16 nitrogen and oxygen atoms in total. The van der Waals surface area contributed by atoms with Crippen molar-refractivity contribution in [3.63, 3.8) is 0 Å². The summed E-state index contributed by atoms with van der Waals surface area (Å²) in [5, 5.41) is 16.2. The molecule has 5 aromatic rings. The number of hydrogen-bond acceptors (Lipinski definition) is 13. The second kappa shape index (κ2) is 17.5. The summed E-state index contributed by atoms with van der Waals surface area (Å²) in [7, 11) is -4.59. The zero-order valence-corrected chi connectivity index (χ0v) is 38.0. The van der Waals surface area contributed by atoms with Gasteiger partial charge in [-0.1, -0.05) is 24.1 Å². The number of anilines is 4. The number of nitrogens with one attached hydrogen (secondary N) is 3. The lowest BCUT2D eigenvalue weighted by Gasteiger charge is -2.56. The number of likely N-dealkylation sites (tertiary alicyclic amines) is 1. The van der Waals surface area contributed by atoms with Crippen molar-refractivity contribution >= 4 is 55.4 Å². The van der Waals surface area contributed by atoms with E-state index in [0.717, 1.165) is 87.3 Å². The Morgan fingerprint density at radius 3 is 2.60 bits per heavy atom. The molecule has 4 saturated heterocycles. The SMILES string of the molecule is C#Cc1ccccc1[C@@H]1CCCN1C1CC2(CCN(c3ccc(C(=O)NS(=O)(=O)c4ccc(NCC5CCOCC5)c([N+](=O)[O-])c4)c(N4c5cc6cc[nH]c6nc5O[C@@H]5COC[C@H]54)c3)CC2)C1. The average molecular weight is 927 g/mol. The van der Waals surface area contributed by atoms with Crippen molar-refractivity contribution < 1.29 is 32.3 Å². The third-order valence-corrected chi connectivity index (χ3v) is 16.5. The topological polar surface area (TPSA) is 184 Å². The minimum atomic E-state index is -4.59. The minimum Gasteiger partial charge on any atom is -0.468 e. The molecule has 1 saturated carbocycles. The Morgan fingerprint density at radius 1 is 0.970 bits per heavy atom. The molecule has 1 spiro atoms. The molecule has 1 aliphatic carbocycles. The second-order valence-corrected chi connectivity index (χ2v) is 20.7. The van der Waals surface area contributed by atoms with Crippen molar-refractivity contribution in [3.8, 4) is 18.2 Å². The Balaban J connectivity index is 0.869. The lowest BCUT2D eigenvalue weighted by molar-refractivity contribution is -0.384. The number of pyridine rings is 1. The third-order valence-electron chi connectivity index (χ3n) is 15.2. The summed E-state index contributed by atoms with van der Waals surface area (Å²) in [6.45, 7) is 5.09. The highest BCUT2D eigenvalue weighted by molar-refractivity contribution is 7.90. The lowest BCUT2D eigenvalue weighted by Crippen LogP contribution is -2.55. The van der Waals surface area contributed by atoms with Gasteiger partial charge in [-0.2, -0.15) is 4.98 Å². The maximum Gasteiger partial charge on any atom is 0.293 e. The van der Waals surface area contributed by atoms with Crippen LogP contribution in [-0.4, -0.2) is 105 Å². The van der Waals surface area contributed by atoms with Crippen molar-refractivity contribution in [2.75, 3.05) is 67.7 Å². The zero-order valence-electron chi connectivity index (χ0n) is 37.2. The van der Waals surface area contributed by atoms with Gasteiger partial charge in [0.15, 0.2) is 0 Å². The monoisotopic (exact) mass is 926 g/mol. The van der Waals surface area contributed by atoms with Crippen molar-refractivity contribution in [1.82, 2.24) is 19.6 Å². The lowest BCUT2D eigenvalue weighted by atomic mass is 9.59. The number of nitro groups is 1. The molecule has 0 radical (unpaired) electrons. The molecule has 11 rings (SSSR count). The third kappa shape index (κ3) is 8.13. The number of rotatable bonds is 11. The van der Waals surface area contributed by atoms with Crippen LogP contribution in [0.1, 0.15) is 78.9 Å². The summed E-state index contributed by atoms with van der Waals surface area (Å²) in [5.74, 6) is 2.67. The van der Waals surface area contributed by atoms with Crippen LogP contribution in [-0.2, 0) is 19.5 Å². The van der Waals surface area contributed by atoms with Gasteiger partial charge in [-0.15, -0.1) is 6.42 Å². The quantitative estimate of drug-likeness (QED) is 0.0682. The first-order valence-electron chi connectivity index (χ1n) is 23.5. The first-order valence-corrected chi connectivity index (χ1v) is 24.9. The van der Waals surface area contributed by atoms with Crippen molar-refractivity contribution in [2.45, 2.75) is 80.5 Å². The molecule has 5 fully saturated rings. The molecule has 7 heterocycles. The highest BCUT2D eigenvalue weighted by Gasteiger charge is 2.50. The van der Waals surface area contributed by atoms with Crippen molar-refractivity contribution in [3.05, 3.63) is 106 Å². The number of ether oxygens (including phenoxy) is 3. The van der Waals surface area contributed by atoms with Gasteiger partial charge in [-0.3, -0.25) is 19.8 Å². The predicted octanol–water partition coefficient (Wildman–Crippen LogP) is 7.29. The molecule has 3 aromatic carbocycles. The maximum atomic E-state index is 14.6. The molecule has 17 heteroatoms. The fraction of sp³-hybridized carbons (Fsp3) is 0.440. The van der Waals surface area contributed by atoms with Crippen LogP contribution in [0.25, 0.3) is 11.0 Å². The van der Waals surface area contributed by atoms with E-state index in [1.807, 2.05) is 35.2 Å². The zero-order chi connectivity index (χ0) is 45.9. The van der Waals surface area contributed by atoms with Crippen LogP contribution in [0.3, 0.4) is 0 Å². The number of carbonyl (C=O) groups excluding carboxylic acids is 1. The van der Waals surface area contributed by atoms with Crippen LogP contribution in [0.2, 0.25) is 0 Å². The van der Waals surface area contributed by atoms with E-state index >= 15 is 0 Å². The van der Waals surface area contributed by atoms with Crippen LogP contribution in [0.15, 0.2) is 83.9 Å². The summed E-state index contributed by atoms with van der Waals surface area (Å²) >= 11 is 0. The smallest absolute Gasteiger partial charge is 0.293 e. The van der Waals surface area contributed by atoms with Crippen LogP contribution in [0, 0.1) is 33.8 Å². The Kier molecular flexibility index (Phi) is 11.3. The van der Waals surface area contributed by atoms with Crippen molar-refractivity contribution in [1.29, 1.82) is 0 Å². The molecular weight excluding hydrogens is 873 g/mol. The van der Waals surface area contributed by atoms with Crippen LogP contribution in [0.4, 0.5) is 28.4 Å². The Morgan fingerprint density at radius 2 is 1.79 bits per heavy atom. The van der Waals surface area contributed by atoms with E-state index in [9.17, 15) is 23.3 Å². The van der Waals surface area contributed by atoms with E-state index < -0.39 is 37.5 Å². The van der Waals surface area contributed by atoms with Crippen LogP contribution in [0.5, 0.6) is 5.88 Å². The van der Waals surface area contributed by atoms with E-state index in [-0.39, 0.29) is 28.6 Å². The van der Waals surface area contributed by atoms with Gasteiger partial charge in [0.1, 0.15) is 23.1 Å². The van der Waals surface area contributed by atoms with Crippen LogP contribution >= 0.6 is 0 Å². The van der Waals surface area contributed by atoms with E-state index in [1.165, 1.54) is 24.1 Å². The van der Waals surface area contributed by atoms with E-state index in [1.54, 1.807) is 12.3 Å². The predicted molar refractivity (Wildman–Crippen MR) is 253 cm³/mol. The van der Waals surface area contributed by atoms with Gasteiger partial charge >= 0.3 is 0 Å². The van der Waals surface area contributed by atoms with Gasteiger partial charge in [0.05, 0.1) is 40.3 Å². The number of benzene rings is 3. The van der Waals surface area contributed by atoms with E-state index in [2.05, 4.69) is 48.9 Å². The van der Waals surface area contributed by atoms with Gasteiger partial charge in [0, 0.05) is 73.8 Å². The number of aromatic nitrogens is 2. The van der Waals surface area contributed by atoms with Crippen molar-refractivity contribution in [2.24, 2.45) is 11.3 Å². The largest absolute Gasteiger partial charge is 0.468 e. The Bertz CT molecular complexity index is 2880. The number of terminal acetylenes is 1. The number of fused-ring (bicyclic) bond motifs is 3. The number of aromatic amines is 1. The van der Waals surface area contributed by atoms with Gasteiger partial charge in [0.2, 0.25) is 5.88 Å². The number of piperidine rings is 1. The highest BCUT2D eigenvalue weighted by Crippen LogP contribution is 2.54. The second-order valence-electron chi connectivity index (χ2n) is 19.0. The van der Waals surface area contributed by atoms with Gasteiger partial charge in [0.25, 0.3) is 21.6 Å². The molecule has 6 aliphatic rings. The summed E-state index contributed by atoms with van der Waals surface area (Å²) < 4.78 is 48.2. The molecule has 0 bridgehead atoms. The number of hydrogen-bond donors (Lipinski definition) is 3. The fourth-order valence-electron chi connectivity index (χ4n) is 11.5. The number of carbonyl (C=O) groups is 1. The van der Waals surface area contributed by atoms with E-state index in [0.29, 0.717) is 68.0 Å². The minimum absolute atomic E-state index is 0.103. The summed E-state index contributed by atoms with van der Waals surface area (Å²) in [6.07, 6.45) is 15.6. The average Bonchev–Trinajstić information content (AvgIpc) is 4.13. The highest BCUT2D eigenvalue weighted by atomic mass is 32.2. The fourth-order valence-corrected chi connectivity index (χ4v) is 12.5. The molecule has 348 valence electrons. The molecule has 1 amide bonds. The number of amides is 1. The Labute approximate surface area is 389 Å². The molecule has 67 heavy (non-hydrogen) atoms. The summed E-state index contributed by atoms with van der Waals surface area (Å²) in [6, 6.07) is 21.9. The molecule has 3 N–H and O–H groups in total. The molecule has 3 atom stereocenters. The standard InChI is InChI=1S/C50H54N8O8S/c1-2-33-6-3-4-7-38(33)41-8-5-19-56(41)36-27-50(28-36)16-20-55(21-17-50)35-9-11-39(42(25-35)57-44-24-34-13-18-51-47(34)53-49(44)66-46-31-65-30-45(46)57)48(59)54-67(62,63)37-10-12-40(43(26-37)58(60)61)52-29-32-14-22-64-23-15-32/h1,3-4,6-7,9-13,18,24-26,32,36,41,45-46,52H,5,8,14-17,19-23,27-31H2,(H,51,53)(H,54,59)/t41-,45+,46+/m0/s1. The molecule has 2 aromatic heterocycles. The van der Waals surface area contributed by atoms with Crippen LogP contribution < -0.4 is 24.6 Å². The first-order chi connectivity index (χ1) is 32.6. The summed E-state index contributed by atoms with van der Waals surface area (Å²) in [5.41, 5.74) is 5.06. The first kappa shape index (κ1) is 43.4. The van der Waals surface area contributed by atoms with Gasteiger partial charge < -0.3 is 34.3 Å². The molecule has 5 aliphatic heterocycles. The molecule has 0 unspecified atom stereocenters. The number of sulfonamides is 1. The van der Waals surface area contributed by atoms with Gasteiger partial charge in [-0.25, -0.2) is 13.1 Å². The number of nitrogens with zero attached hydrogens (tertiary/aromatic N) is 5. The van der Waals surface area contributed by atoms with E-state index in [4.69, 9.17) is 25.6 Å².